The van der Waals surface area contributed by atoms with E-state index in [1.54, 1.807) is 0 Å². The predicted octanol–water partition coefficient (Wildman–Crippen LogP) is 4.52. The number of nitrogens with zero attached hydrogens (tertiary/aromatic N) is 1. The van der Waals surface area contributed by atoms with Gasteiger partial charge in [0.15, 0.2) is 0 Å². The van der Waals surface area contributed by atoms with Crippen molar-refractivity contribution in [2.45, 2.75) is 39.7 Å². The van der Waals surface area contributed by atoms with Crippen molar-refractivity contribution >= 4 is 27.3 Å². The molecule has 1 aromatic heterocycles. The number of likely N-dealkylation sites (tertiary alicyclic amines) is 1. The summed E-state index contributed by atoms with van der Waals surface area (Å²) in [6, 6.07) is 2.15. The molecule has 0 atom stereocenters. The van der Waals surface area contributed by atoms with E-state index < -0.39 is 0 Å². The van der Waals surface area contributed by atoms with Crippen molar-refractivity contribution in [3.63, 3.8) is 0 Å². The van der Waals surface area contributed by atoms with Crippen molar-refractivity contribution < 1.29 is 0 Å². The molecule has 1 aliphatic heterocycles. The highest BCUT2D eigenvalue weighted by atomic mass is 79.9. The molecular formula is C13H20BrNS. The van der Waals surface area contributed by atoms with E-state index in [1.165, 1.54) is 41.7 Å². The Morgan fingerprint density at radius 1 is 1.38 bits per heavy atom. The summed E-state index contributed by atoms with van der Waals surface area (Å²) < 4.78 is 1.28. The molecule has 0 unspecified atom stereocenters. The Hall–Kier alpha value is 0.140. The van der Waals surface area contributed by atoms with Crippen LogP contribution in [0.3, 0.4) is 0 Å². The van der Waals surface area contributed by atoms with E-state index in [4.69, 9.17) is 0 Å². The normalized spacial score (nSPS) is 21.9. The molecule has 0 aromatic carbocycles. The maximum absolute atomic E-state index is 3.62. The van der Waals surface area contributed by atoms with Crippen LogP contribution in [-0.2, 0) is 6.54 Å². The molecule has 0 amide bonds. The van der Waals surface area contributed by atoms with Crippen LogP contribution in [0.5, 0.6) is 0 Å². The van der Waals surface area contributed by atoms with E-state index >= 15 is 0 Å². The van der Waals surface area contributed by atoms with Crippen molar-refractivity contribution in [2.75, 3.05) is 13.1 Å². The van der Waals surface area contributed by atoms with E-state index in [-0.39, 0.29) is 0 Å². The molecule has 90 valence electrons. The summed E-state index contributed by atoms with van der Waals surface area (Å²) >= 11 is 5.48. The van der Waals surface area contributed by atoms with Gasteiger partial charge in [0.25, 0.3) is 0 Å². The highest BCUT2D eigenvalue weighted by Gasteiger charge is 2.23. The molecule has 1 aliphatic rings. The zero-order valence-electron chi connectivity index (χ0n) is 10.1. The summed E-state index contributed by atoms with van der Waals surface area (Å²) in [5.41, 5.74) is 0.543. The van der Waals surface area contributed by atoms with E-state index in [0.29, 0.717) is 5.41 Å². The van der Waals surface area contributed by atoms with Gasteiger partial charge in [-0.1, -0.05) is 13.8 Å². The predicted molar refractivity (Wildman–Crippen MR) is 74.9 cm³/mol. The van der Waals surface area contributed by atoms with Gasteiger partial charge in [0.2, 0.25) is 0 Å². The van der Waals surface area contributed by atoms with Gasteiger partial charge in [-0.05, 0) is 65.1 Å². The van der Waals surface area contributed by atoms with Crippen LogP contribution in [0.25, 0.3) is 0 Å². The second kappa shape index (κ2) is 5.19. The van der Waals surface area contributed by atoms with Gasteiger partial charge in [0, 0.05) is 15.9 Å². The van der Waals surface area contributed by atoms with Gasteiger partial charge in [0.05, 0.1) is 0 Å². The van der Waals surface area contributed by atoms with Crippen molar-refractivity contribution in [3.8, 4) is 0 Å². The standard InChI is InChI=1S/C13H20BrNS/c1-13(2)5-3-7-15(8-6-13)10-12-11(14)4-9-16-12/h4,9H,3,5-8,10H2,1-2H3. The van der Waals surface area contributed by atoms with Crippen molar-refractivity contribution in [1.82, 2.24) is 4.90 Å². The van der Waals surface area contributed by atoms with Gasteiger partial charge in [0.1, 0.15) is 0 Å². The van der Waals surface area contributed by atoms with Gasteiger partial charge < -0.3 is 0 Å². The van der Waals surface area contributed by atoms with Crippen LogP contribution in [0.4, 0.5) is 0 Å². The van der Waals surface area contributed by atoms with Gasteiger partial charge >= 0.3 is 0 Å². The van der Waals surface area contributed by atoms with E-state index in [0.717, 1.165) is 6.54 Å². The Labute approximate surface area is 111 Å². The molecule has 0 aliphatic carbocycles. The fourth-order valence-electron chi connectivity index (χ4n) is 2.28. The molecule has 0 saturated carbocycles. The van der Waals surface area contributed by atoms with Crippen LogP contribution in [0.15, 0.2) is 15.9 Å². The first kappa shape index (κ1) is 12.6. The molecule has 0 N–H and O–H groups in total. The second-order valence-electron chi connectivity index (χ2n) is 5.49. The lowest BCUT2D eigenvalue weighted by molar-refractivity contribution is 0.257. The summed E-state index contributed by atoms with van der Waals surface area (Å²) in [7, 11) is 0. The summed E-state index contributed by atoms with van der Waals surface area (Å²) in [5.74, 6) is 0. The summed E-state index contributed by atoms with van der Waals surface area (Å²) in [4.78, 5) is 4.07. The van der Waals surface area contributed by atoms with Crippen LogP contribution in [0, 0.1) is 5.41 Å². The first-order valence-electron chi connectivity index (χ1n) is 6.01. The molecule has 1 saturated heterocycles. The van der Waals surface area contributed by atoms with Crippen molar-refractivity contribution in [1.29, 1.82) is 0 Å². The SMILES string of the molecule is CC1(C)CCCN(Cc2sccc2Br)CC1. The van der Waals surface area contributed by atoms with Gasteiger partial charge in [-0.3, -0.25) is 4.90 Å². The monoisotopic (exact) mass is 301 g/mol. The minimum absolute atomic E-state index is 0.543. The highest BCUT2D eigenvalue weighted by molar-refractivity contribution is 9.10. The Morgan fingerprint density at radius 2 is 2.19 bits per heavy atom. The Balaban J connectivity index is 1.94. The zero-order valence-corrected chi connectivity index (χ0v) is 12.5. The third-order valence-corrected chi connectivity index (χ3v) is 5.40. The smallest absolute Gasteiger partial charge is 0.0339 e. The van der Waals surface area contributed by atoms with Crippen LogP contribution in [0.2, 0.25) is 0 Å². The number of hydrogen-bond donors (Lipinski definition) is 0. The Morgan fingerprint density at radius 3 is 2.88 bits per heavy atom. The molecule has 2 heterocycles. The maximum atomic E-state index is 3.62. The molecular weight excluding hydrogens is 282 g/mol. The minimum atomic E-state index is 0.543. The average molecular weight is 302 g/mol. The molecule has 1 aromatic rings. The number of thiophene rings is 1. The first-order chi connectivity index (χ1) is 7.57. The second-order valence-corrected chi connectivity index (χ2v) is 7.34. The van der Waals surface area contributed by atoms with Crippen LogP contribution < -0.4 is 0 Å². The number of hydrogen-bond acceptors (Lipinski definition) is 2. The molecule has 3 heteroatoms. The van der Waals surface area contributed by atoms with Gasteiger partial charge in [-0.15, -0.1) is 11.3 Å². The zero-order chi connectivity index (χ0) is 11.6. The lowest BCUT2D eigenvalue weighted by Gasteiger charge is -2.23. The fourth-order valence-corrected chi connectivity index (χ4v) is 3.80. The van der Waals surface area contributed by atoms with Crippen molar-refractivity contribution in [3.05, 3.63) is 20.8 Å². The number of halogens is 1. The molecule has 0 radical (unpaired) electrons. The number of rotatable bonds is 2. The quantitative estimate of drug-likeness (QED) is 0.776. The third kappa shape index (κ3) is 3.31. The molecule has 1 nitrogen and oxygen atoms in total. The lowest BCUT2D eigenvalue weighted by Crippen LogP contribution is -2.24. The largest absolute Gasteiger partial charge is 0.298 e. The van der Waals surface area contributed by atoms with E-state index in [2.05, 4.69) is 46.1 Å². The van der Waals surface area contributed by atoms with Crippen molar-refractivity contribution in [2.24, 2.45) is 5.41 Å². The fraction of sp³-hybridized carbons (Fsp3) is 0.692. The van der Waals surface area contributed by atoms with Gasteiger partial charge in [-0.25, -0.2) is 0 Å². The van der Waals surface area contributed by atoms with E-state index in [1.807, 2.05) is 11.3 Å². The van der Waals surface area contributed by atoms with Crippen LogP contribution in [-0.4, -0.2) is 18.0 Å². The summed E-state index contributed by atoms with van der Waals surface area (Å²) in [6.45, 7) is 8.43. The topological polar surface area (TPSA) is 3.24 Å². The first-order valence-corrected chi connectivity index (χ1v) is 7.68. The Bertz CT molecular complexity index is 345. The summed E-state index contributed by atoms with van der Waals surface area (Å²) in [6.07, 6.45) is 4.04. The molecule has 1 fully saturated rings. The molecule has 16 heavy (non-hydrogen) atoms. The third-order valence-electron chi connectivity index (χ3n) is 3.49. The van der Waals surface area contributed by atoms with Gasteiger partial charge in [-0.2, -0.15) is 0 Å². The lowest BCUT2D eigenvalue weighted by atomic mass is 9.85. The van der Waals surface area contributed by atoms with E-state index in [9.17, 15) is 0 Å². The molecule has 0 bridgehead atoms. The highest BCUT2D eigenvalue weighted by Crippen LogP contribution is 2.31. The molecule has 2 rings (SSSR count). The summed E-state index contributed by atoms with van der Waals surface area (Å²) in [5, 5.41) is 2.17. The average Bonchev–Trinajstić information content (AvgIpc) is 2.52. The minimum Gasteiger partial charge on any atom is -0.298 e. The maximum Gasteiger partial charge on any atom is 0.0339 e. The molecule has 0 spiro atoms. The van der Waals surface area contributed by atoms with Crippen LogP contribution >= 0.6 is 27.3 Å². The van der Waals surface area contributed by atoms with Crippen LogP contribution in [0.1, 0.15) is 38.0 Å². The Kier molecular flexibility index (Phi) is 4.09.